The van der Waals surface area contributed by atoms with Gasteiger partial charge in [0.15, 0.2) is 0 Å². The largest absolute Gasteiger partial charge is 0.489 e. The molecule has 4 amide bonds. The Labute approximate surface area is 254 Å². The summed E-state index contributed by atoms with van der Waals surface area (Å²) < 4.78 is 11.8. The van der Waals surface area contributed by atoms with Crippen molar-refractivity contribution in [1.82, 2.24) is 20.4 Å². The highest BCUT2D eigenvalue weighted by Gasteiger charge is 2.40. The number of fused-ring (bicyclic) bond motifs is 1. The Kier molecular flexibility index (Phi) is 10.4. The van der Waals surface area contributed by atoms with E-state index in [1.807, 2.05) is 51.1 Å². The summed E-state index contributed by atoms with van der Waals surface area (Å²) in [7, 11) is 0. The number of hydrogen-bond acceptors (Lipinski definition) is 7. The van der Waals surface area contributed by atoms with E-state index in [1.165, 1.54) is 4.90 Å². The van der Waals surface area contributed by atoms with Crippen LogP contribution in [0.4, 0.5) is 4.79 Å². The molecule has 0 radical (unpaired) electrons. The van der Waals surface area contributed by atoms with Crippen molar-refractivity contribution in [1.29, 1.82) is 0 Å². The van der Waals surface area contributed by atoms with Gasteiger partial charge in [0.05, 0.1) is 6.54 Å². The van der Waals surface area contributed by atoms with E-state index in [1.54, 1.807) is 17.0 Å². The number of carbonyl (C=O) groups excluding carboxylic acids is 4. The molecule has 0 saturated carbocycles. The second-order valence-corrected chi connectivity index (χ2v) is 12.2. The van der Waals surface area contributed by atoms with E-state index in [2.05, 4.69) is 24.5 Å². The van der Waals surface area contributed by atoms with Gasteiger partial charge in [-0.3, -0.25) is 19.7 Å². The van der Waals surface area contributed by atoms with E-state index in [-0.39, 0.29) is 30.9 Å². The van der Waals surface area contributed by atoms with Gasteiger partial charge in [-0.1, -0.05) is 44.2 Å². The molecule has 0 spiro atoms. The van der Waals surface area contributed by atoms with Crippen LogP contribution in [0.3, 0.4) is 0 Å². The average Bonchev–Trinajstić information content (AvgIpc) is 3.30. The van der Waals surface area contributed by atoms with Crippen LogP contribution >= 0.6 is 0 Å². The maximum Gasteiger partial charge on any atom is 0.410 e. The molecule has 2 aromatic rings. The second-order valence-electron chi connectivity index (χ2n) is 12.2. The number of benzene rings is 2. The number of imide groups is 1. The predicted octanol–water partition coefficient (Wildman–Crippen LogP) is 4.54. The number of amides is 4. The predicted molar refractivity (Wildman–Crippen MR) is 162 cm³/mol. The highest BCUT2D eigenvalue weighted by molar-refractivity contribution is 6.05. The van der Waals surface area contributed by atoms with Crippen LogP contribution in [-0.4, -0.2) is 64.4 Å². The van der Waals surface area contributed by atoms with Crippen LogP contribution < -0.4 is 15.4 Å². The van der Waals surface area contributed by atoms with Crippen molar-refractivity contribution in [3.63, 3.8) is 0 Å². The van der Waals surface area contributed by atoms with Crippen molar-refractivity contribution in [2.75, 3.05) is 13.1 Å². The monoisotopic (exact) mass is 592 g/mol. The smallest absolute Gasteiger partial charge is 0.410 e. The van der Waals surface area contributed by atoms with E-state index >= 15 is 0 Å². The van der Waals surface area contributed by atoms with Crippen LogP contribution in [0.15, 0.2) is 42.5 Å². The molecule has 1 atom stereocenters. The van der Waals surface area contributed by atoms with Gasteiger partial charge in [-0.05, 0) is 63.3 Å². The van der Waals surface area contributed by atoms with Crippen LogP contribution in [0.1, 0.15) is 87.4 Å². The van der Waals surface area contributed by atoms with Gasteiger partial charge >= 0.3 is 6.09 Å². The molecule has 1 saturated heterocycles. The van der Waals surface area contributed by atoms with Crippen LogP contribution in [-0.2, 0) is 34.0 Å². The van der Waals surface area contributed by atoms with Gasteiger partial charge < -0.3 is 24.6 Å². The zero-order valence-electron chi connectivity index (χ0n) is 25.9. The van der Waals surface area contributed by atoms with Crippen molar-refractivity contribution in [2.24, 2.45) is 0 Å². The minimum Gasteiger partial charge on any atom is -0.489 e. The molecule has 4 rings (SSSR count). The molecule has 2 aromatic carbocycles. The van der Waals surface area contributed by atoms with Crippen molar-refractivity contribution in [3.8, 4) is 5.75 Å². The second kappa shape index (κ2) is 14.0. The first-order valence-electron chi connectivity index (χ1n) is 15.2. The van der Waals surface area contributed by atoms with E-state index < -0.39 is 17.6 Å². The Hall–Kier alpha value is -3.92. The van der Waals surface area contributed by atoms with E-state index in [9.17, 15) is 19.2 Å². The number of nitrogens with zero attached hydrogens (tertiary/aromatic N) is 2. The Morgan fingerprint density at radius 3 is 2.42 bits per heavy atom. The van der Waals surface area contributed by atoms with Gasteiger partial charge in [0.25, 0.3) is 5.91 Å². The molecule has 10 nitrogen and oxygen atoms in total. The fourth-order valence-corrected chi connectivity index (χ4v) is 5.36. The number of ether oxygens (including phenoxy) is 2. The number of hydrogen-bond donors (Lipinski definition) is 2. The molecule has 0 aliphatic carbocycles. The SMILES string of the molecule is CCC(CC)NCCN(Cc1ccc(COc2cccc3c2CN(C2CCC(=O)NC2=O)C3=O)cc1)C(=O)OC(C)(C)C. The van der Waals surface area contributed by atoms with Gasteiger partial charge in [-0.25, -0.2) is 4.79 Å². The molecule has 0 aromatic heterocycles. The third-order valence-corrected chi connectivity index (χ3v) is 7.78. The van der Waals surface area contributed by atoms with Gasteiger partial charge in [0.2, 0.25) is 11.8 Å². The van der Waals surface area contributed by atoms with Gasteiger partial charge in [0.1, 0.15) is 24.0 Å². The lowest BCUT2D eigenvalue weighted by molar-refractivity contribution is -0.136. The Balaban J connectivity index is 1.38. The number of nitrogens with one attached hydrogen (secondary N) is 2. The molecule has 1 unspecified atom stereocenters. The number of rotatable bonds is 12. The van der Waals surface area contributed by atoms with Crippen molar-refractivity contribution in [3.05, 3.63) is 64.7 Å². The van der Waals surface area contributed by atoms with E-state index in [0.29, 0.717) is 50.0 Å². The zero-order valence-corrected chi connectivity index (χ0v) is 25.9. The maximum absolute atomic E-state index is 13.1. The first-order valence-corrected chi connectivity index (χ1v) is 15.2. The summed E-state index contributed by atoms with van der Waals surface area (Å²) >= 11 is 0. The summed E-state index contributed by atoms with van der Waals surface area (Å²) in [5, 5.41) is 5.85. The van der Waals surface area contributed by atoms with E-state index in [4.69, 9.17) is 9.47 Å². The fourth-order valence-electron chi connectivity index (χ4n) is 5.36. The molecule has 2 aliphatic rings. The molecular weight excluding hydrogens is 548 g/mol. The highest BCUT2D eigenvalue weighted by Crippen LogP contribution is 2.34. The lowest BCUT2D eigenvalue weighted by Crippen LogP contribution is -2.52. The van der Waals surface area contributed by atoms with Crippen LogP contribution in [0.2, 0.25) is 0 Å². The minimum atomic E-state index is -0.672. The number of piperidine rings is 1. The quantitative estimate of drug-likeness (QED) is 0.348. The number of carbonyl (C=O) groups is 4. The maximum atomic E-state index is 13.1. The molecule has 2 aliphatic heterocycles. The van der Waals surface area contributed by atoms with Gasteiger partial charge in [0, 0.05) is 43.2 Å². The first kappa shape index (κ1) is 32.0. The standard InChI is InChI=1S/C33H44N4O6/c1-6-24(7-2)34-17-18-36(32(41)43-33(3,4)5)19-22-11-13-23(14-12-22)21-42-28-10-8-9-25-26(28)20-37(31(25)40)27-15-16-29(38)35-30(27)39/h8-14,24,27,34H,6-7,15-21H2,1-5H3,(H,35,38,39). The van der Waals surface area contributed by atoms with Crippen molar-refractivity contribution >= 4 is 23.8 Å². The van der Waals surface area contributed by atoms with Crippen LogP contribution in [0.5, 0.6) is 5.75 Å². The Bertz CT molecular complexity index is 1320. The molecule has 2 N–H and O–H groups in total. The third kappa shape index (κ3) is 8.34. The van der Waals surface area contributed by atoms with Gasteiger partial charge in [-0.15, -0.1) is 0 Å². The summed E-state index contributed by atoms with van der Waals surface area (Å²) in [4.78, 5) is 53.3. The molecule has 0 bridgehead atoms. The summed E-state index contributed by atoms with van der Waals surface area (Å²) in [6.45, 7) is 12.1. The third-order valence-electron chi connectivity index (χ3n) is 7.78. The van der Waals surface area contributed by atoms with Gasteiger partial charge in [-0.2, -0.15) is 0 Å². The topological polar surface area (TPSA) is 117 Å². The minimum absolute atomic E-state index is 0.209. The highest BCUT2D eigenvalue weighted by atomic mass is 16.6. The Morgan fingerprint density at radius 2 is 1.77 bits per heavy atom. The van der Waals surface area contributed by atoms with Crippen molar-refractivity contribution < 1.29 is 28.7 Å². The lowest BCUT2D eigenvalue weighted by atomic mass is 10.0. The average molecular weight is 593 g/mol. The molecular formula is C33H44N4O6. The molecule has 232 valence electrons. The van der Waals surface area contributed by atoms with Crippen LogP contribution in [0, 0.1) is 0 Å². The molecule has 10 heteroatoms. The van der Waals surface area contributed by atoms with E-state index in [0.717, 1.165) is 29.5 Å². The normalized spacial score (nSPS) is 16.7. The summed E-state index contributed by atoms with van der Waals surface area (Å²) in [5.41, 5.74) is 2.58. The first-order chi connectivity index (χ1) is 20.5. The van der Waals surface area contributed by atoms with Crippen LogP contribution in [0.25, 0.3) is 0 Å². The lowest BCUT2D eigenvalue weighted by Gasteiger charge is -2.29. The molecule has 1 fully saturated rings. The molecule has 43 heavy (non-hydrogen) atoms. The fraction of sp³-hybridized carbons (Fsp3) is 0.515. The molecule has 2 heterocycles. The Morgan fingerprint density at radius 1 is 1.07 bits per heavy atom. The summed E-state index contributed by atoms with van der Waals surface area (Å²) in [6.07, 6.45) is 2.25. The zero-order chi connectivity index (χ0) is 31.1. The van der Waals surface area contributed by atoms with Crippen molar-refractivity contribution in [2.45, 2.75) is 97.7 Å². The summed E-state index contributed by atoms with van der Waals surface area (Å²) in [6, 6.07) is 13.0. The summed E-state index contributed by atoms with van der Waals surface area (Å²) in [5.74, 6) is -0.394.